The summed E-state index contributed by atoms with van der Waals surface area (Å²) in [6.07, 6.45) is 2.38. The summed E-state index contributed by atoms with van der Waals surface area (Å²) in [6, 6.07) is 14.3. The van der Waals surface area contributed by atoms with Crippen LogP contribution in [0.5, 0.6) is 5.88 Å². The first-order valence-corrected chi connectivity index (χ1v) is 14.0. The highest BCUT2D eigenvalue weighted by Crippen LogP contribution is 2.31. The largest absolute Gasteiger partial charge is 0.492 e. The third kappa shape index (κ3) is 6.02. The first-order chi connectivity index (χ1) is 19.6. The maximum atomic E-state index is 15.3. The van der Waals surface area contributed by atoms with Crippen molar-refractivity contribution in [2.24, 2.45) is 0 Å². The van der Waals surface area contributed by atoms with E-state index in [1.54, 1.807) is 44.2 Å². The number of pyridine rings is 1. The Kier molecular flexibility index (Phi) is 8.92. The second-order valence-corrected chi connectivity index (χ2v) is 11.2. The Morgan fingerprint density at radius 2 is 1.85 bits per heavy atom. The quantitative estimate of drug-likeness (QED) is 0.295. The molecule has 0 aliphatic rings. The zero-order valence-corrected chi connectivity index (χ0v) is 23.3. The lowest BCUT2D eigenvalue weighted by Crippen LogP contribution is -2.35. The molecule has 0 saturated heterocycles. The molecule has 1 atom stereocenters. The number of hydrogen-bond donors (Lipinski definition) is 1. The molecule has 10 nitrogen and oxygen atoms in total. The second kappa shape index (κ2) is 12.4. The van der Waals surface area contributed by atoms with E-state index in [0.717, 1.165) is 16.7 Å². The molecule has 2 aromatic carbocycles. The van der Waals surface area contributed by atoms with Gasteiger partial charge in [0, 0.05) is 30.6 Å². The van der Waals surface area contributed by atoms with Gasteiger partial charge in [0.2, 0.25) is 15.7 Å². The molecule has 0 fully saturated rings. The number of ether oxygens (including phenoxy) is 2. The van der Waals surface area contributed by atoms with Crippen molar-refractivity contribution in [2.45, 2.75) is 42.4 Å². The van der Waals surface area contributed by atoms with Crippen LogP contribution in [0.1, 0.15) is 36.8 Å². The lowest BCUT2D eigenvalue weighted by Gasteiger charge is -2.24. The SMILES string of the molecule is COCC(c1ccccc1)n1c(COC(C)C)nc(O)c(S(=O)(=O)c2ccc(-c3ccncc3C#N)c(F)c2)c1=O. The molecule has 212 valence electrons. The van der Waals surface area contributed by atoms with E-state index in [2.05, 4.69) is 9.97 Å². The second-order valence-electron chi connectivity index (χ2n) is 9.28. The third-order valence-electron chi connectivity index (χ3n) is 6.25. The van der Waals surface area contributed by atoms with Crippen LogP contribution in [-0.4, -0.2) is 47.9 Å². The van der Waals surface area contributed by atoms with Crippen molar-refractivity contribution in [1.29, 1.82) is 5.26 Å². The number of methoxy groups -OCH3 is 1. The van der Waals surface area contributed by atoms with Gasteiger partial charge in [-0.25, -0.2) is 12.8 Å². The van der Waals surface area contributed by atoms with Crippen LogP contribution in [0.2, 0.25) is 0 Å². The van der Waals surface area contributed by atoms with Gasteiger partial charge in [0.15, 0.2) is 4.90 Å². The average Bonchev–Trinajstić information content (AvgIpc) is 2.95. The van der Waals surface area contributed by atoms with Gasteiger partial charge in [0.1, 0.15) is 24.3 Å². The number of halogens is 1. The van der Waals surface area contributed by atoms with Gasteiger partial charge >= 0.3 is 0 Å². The Hall–Kier alpha value is -4.44. The van der Waals surface area contributed by atoms with E-state index < -0.39 is 42.9 Å². The van der Waals surface area contributed by atoms with E-state index in [-0.39, 0.29) is 41.8 Å². The van der Waals surface area contributed by atoms with E-state index in [9.17, 15) is 23.6 Å². The van der Waals surface area contributed by atoms with Crippen LogP contribution in [0.15, 0.2) is 81.6 Å². The van der Waals surface area contributed by atoms with Gasteiger partial charge in [-0.3, -0.25) is 14.3 Å². The van der Waals surface area contributed by atoms with Gasteiger partial charge in [-0.15, -0.1) is 0 Å². The lowest BCUT2D eigenvalue weighted by atomic mass is 10.0. The standard InChI is InChI=1S/C29H27FN4O6S/c1-18(2)40-17-26-33-28(35)27(29(36)34(26)25(16-39-3)19-7-5-4-6-8-19)41(37,38)21-9-10-23(24(30)13-21)22-11-12-32-15-20(22)14-31/h4-13,15,18,25,35H,16-17H2,1-3H3. The van der Waals surface area contributed by atoms with E-state index in [0.29, 0.717) is 5.56 Å². The zero-order chi connectivity index (χ0) is 29.7. The van der Waals surface area contributed by atoms with Crippen molar-refractivity contribution in [3.05, 3.63) is 100 Å². The van der Waals surface area contributed by atoms with Crippen molar-refractivity contribution in [1.82, 2.24) is 14.5 Å². The average molecular weight is 579 g/mol. The molecular formula is C29H27FN4O6S. The summed E-state index contributed by atoms with van der Waals surface area (Å²) in [6.45, 7) is 3.31. The predicted molar refractivity (Wildman–Crippen MR) is 146 cm³/mol. The molecule has 0 radical (unpaired) electrons. The van der Waals surface area contributed by atoms with Gasteiger partial charge in [-0.05, 0) is 37.6 Å². The third-order valence-corrected chi connectivity index (χ3v) is 8.02. The Morgan fingerprint density at radius 1 is 1.12 bits per heavy atom. The van der Waals surface area contributed by atoms with Crippen molar-refractivity contribution in [3.63, 3.8) is 0 Å². The molecule has 0 bridgehead atoms. The fourth-order valence-corrected chi connectivity index (χ4v) is 5.68. The lowest BCUT2D eigenvalue weighted by molar-refractivity contribution is 0.0557. The number of rotatable bonds is 10. The number of nitrogens with zero attached hydrogens (tertiary/aromatic N) is 4. The van der Waals surface area contributed by atoms with Crippen LogP contribution in [-0.2, 0) is 25.9 Å². The summed E-state index contributed by atoms with van der Waals surface area (Å²) in [5.41, 5.74) is -0.171. The van der Waals surface area contributed by atoms with Crippen molar-refractivity contribution in [2.75, 3.05) is 13.7 Å². The minimum absolute atomic E-state index is 0.0192. The molecule has 4 rings (SSSR count). The minimum atomic E-state index is -4.78. The highest BCUT2D eigenvalue weighted by molar-refractivity contribution is 7.91. The number of aromatic nitrogens is 3. The van der Waals surface area contributed by atoms with Gasteiger partial charge in [-0.2, -0.15) is 10.2 Å². The van der Waals surface area contributed by atoms with E-state index in [4.69, 9.17) is 9.47 Å². The van der Waals surface area contributed by atoms with Crippen molar-refractivity contribution >= 4 is 9.84 Å². The molecule has 2 heterocycles. The zero-order valence-electron chi connectivity index (χ0n) is 22.5. The molecule has 0 amide bonds. The van der Waals surface area contributed by atoms with Crippen molar-refractivity contribution < 1.29 is 27.4 Å². The maximum Gasteiger partial charge on any atom is 0.277 e. The van der Waals surface area contributed by atoms with Crippen LogP contribution in [0.25, 0.3) is 11.1 Å². The van der Waals surface area contributed by atoms with Crippen molar-refractivity contribution in [3.8, 4) is 23.1 Å². The number of hydrogen-bond acceptors (Lipinski definition) is 9. The van der Waals surface area contributed by atoms with Crippen LogP contribution in [0.4, 0.5) is 4.39 Å². The van der Waals surface area contributed by atoms with Gasteiger partial charge < -0.3 is 14.6 Å². The monoisotopic (exact) mass is 578 g/mol. The normalized spacial score (nSPS) is 12.3. The fourth-order valence-electron chi connectivity index (χ4n) is 4.32. The van der Waals surface area contributed by atoms with Crippen LogP contribution in [0.3, 0.4) is 0 Å². The predicted octanol–water partition coefficient (Wildman–Crippen LogP) is 4.02. The molecule has 41 heavy (non-hydrogen) atoms. The Bertz CT molecular complexity index is 1770. The molecule has 12 heteroatoms. The molecule has 2 aromatic heterocycles. The molecule has 1 N–H and O–H groups in total. The maximum absolute atomic E-state index is 15.3. The topological polar surface area (TPSA) is 144 Å². The van der Waals surface area contributed by atoms with Crippen LogP contribution >= 0.6 is 0 Å². The summed E-state index contributed by atoms with van der Waals surface area (Å²) in [7, 11) is -3.35. The number of nitriles is 1. The van der Waals surface area contributed by atoms with Crippen LogP contribution < -0.4 is 5.56 Å². The molecular weight excluding hydrogens is 551 g/mol. The van der Waals surface area contributed by atoms with Gasteiger partial charge in [0.05, 0.1) is 29.2 Å². The summed E-state index contributed by atoms with van der Waals surface area (Å²) in [4.78, 5) is 20.3. The summed E-state index contributed by atoms with van der Waals surface area (Å²) in [5.74, 6) is -2.01. The molecule has 0 saturated carbocycles. The molecule has 0 spiro atoms. The summed E-state index contributed by atoms with van der Waals surface area (Å²) >= 11 is 0. The van der Waals surface area contributed by atoms with Gasteiger partial charge in [-0.1, -0.05) is 36.4 Å². The fraction of sp³-hybridized carbons (Fsp3) is 0.241. The van der Waals surface area contributed by atoms with Crippen LogP contribution in [0, 0.1) is 17.1 Å². The molecule has 0 aliphatic heterocycles. The molecule has 4 aromatic rings. The summed E-state index contributed by atoms with van der Waals surface area (Å²) < 4.78 is 54.9. The highest BCUT2D eigenvalue weighted by atomic mass is 32.2. The highest BCUT2D eigenvalue weighted by Gasteiger charge is 2.33. The smallest absolute Gasteiger partial charge is 0.277 e. The number of benzene rings is 2. The first kappa shape index (κ1) is 29.5. The Balaban J connectivity index is 1.91. The Morgan fingerprint density at radius 3 is 2.49 bits per heavy atom. The minimum Gasteiger partial charge on any atom is -0.492 e. The number of aromatic hydroxyl groups is 1. The van der Waals surface area contributed by atoms with Gasteiger partial charge in [0.25, 0.3) is 5.56 Å². The first-order valence-electron chi connectivity index (χ1n) is 12.5. The molecule has 1 unspecified atom stereocenters. The van der Waals surface area contributed by atoms with E-state index in [1.807, 2.05) is 6.07 Å². The summed E-state index contributed by atoms with van der Waals surface area (Å²) in [5, 5.41) is 20.1. The number of sulfone groups is 1. The Labute approximate surface area is 236 Å². The molecule has 0 aliphatic carbocycles. The van der Waals surface area contributed by atoms with E-state index in [1.165, 1.54) is 31.6 Å². The van der Waals surface area contributed by atoms with E-state index >= 15 is 4.39 Å².